The Labute approximate surface area is 228 Å². The van der Waals surface area contributed by atoms with Crippen LogP contribution in [0.2, 0.25) is 0 Å². The summed E-state index contributed by atoms with van der Waals surface area (Å²) in [5.74, 6) is -1.00. The molecule has 1 atom stereocenters. The SMILES string of the molecule is COc1ccc(-c2ccc(C(=O)NC(C(=O)O)C3CCCC3)c(NC(=O)Nc3c(C)cc(C)cc3C)c2)cc1. The maximum Gasteiger partial charge on any atom is 0.326 e. The number of carbonyl (C=O) groups excluding carboxylic acids is 2. The summed E-state index contributed by atoms with van der Waals surface area (Å²) in [5, 5.41) is 18.3. The minimum atomic E-state index is -1.05. The second-order valence-corrected chi connectivity index (χ2v) is 10.2. The number of urea groups is 1. The van der Waals surface area contributed by atoms with Crippen LogP contribution < -0.4 is 20.7 Å². The fourth-order valence-electron chi connectivity index (χ4n) is 5.34. The summed E-state index contributed by atoms with van der Waals surface area (Å²) >= 11 is 0. The molecule has 8 nitrogen and oxygen atoms in total. The number of carboxylic acids is 1. The largest absolute Gasteiger partial charge is 0.497 e. The molecular weight excluding hydrogens is 494 g/mol. The van der Waals surface area contributed by atoms with Gasteiger partial charge < -0.3 is 25.8 Å². The van der Waals surface area contributed by atoms with Gasteiger partial charge in [0.2, 0.25) is 0 Å². The Balaban J connectivity index is 1.65. The number of nitrogens with one attached hydrogen (secondary N) is 3. The van der Waals surface area contributed by atoms with Gasteiger partial charge >= 0.3 is 12.0 Å². The molecule has 1 unspecified atom stereocenters. The van der Waals surface area contributed by atoms with E-state index in [1.165, 1.54) is 0 Å². The fraction of sp³-hybridized carbons (Fsp3) is 0.323. The number of rotatable bonds is 8. The lowest BCUT2D eigenvalue weighted by Crippen LogP contribution is -2.45. The van der Waals surface area contributed by atoms with Crippen molar-refractivity contribution in [3.05, 3.63) is 76.9 Å². The predicted octanol–water partition coefficient (Wildman–Crippen LogP) is 6.30. The van der Waals surface area contributed by atoms with E-state index in [4.69, 9.17) is 4.74 Å². The molecule has 0 spiro atoms. The molecule has 3 aromatic carbocycles. The average Bonchev–Trinajstić information content (AvgIpc) is 3.43. The van der Waals surface area contributed by atoms with Crippen molar-refractivity contribution in [2.24, 2.45) is 5.92 Å². The van der Waals surface area contributed by atoms with Crippen molar-refractivity contribution in [2.45, 2.75) is 52.5 Å². The monoisotopic (exact) mass is 529 g/mol. The van der Waals surface area contributed by atoms with E-state index < -0.39 is 23.9 Å². The lowest BCUT2D eigenvalue weighted by Gasteiger charge is -2.22. The van der Waals surface area contributed by atoms with Crippen molar-refractivity contribution in [2.75, 3.05) is 17.7 Å². The number of aliphatic carboxylic acids is 1. The van der Waals surface area contributed by atoms with Crippen molar-refractivity contribution in [3.63, 3.8) is 0 Å². The number of ether oxygens (including phenoxy) is 1. The zero-order valence-corrected chi connectivity index (χ0v) is 22.8. The molecule has 1 aliphatic carbocycles. The van der Waals surface area contributed by atoms with Crippen LogP contribution in [0, 0.1) is 26.7 Å². The summed E-state index contributed by atoms with van der Waals surface area (Å²) in [6.07, 6.45) is 3.42. The molecular formula is C31H35N3O5. The number of hydrogen-bond acceptors (Lipinski definition) is 4. The second-order valence-electron chi connectivity index (χ2n) is 10.2. The van der Waals surface area contributed by atoms with Gasteiger partial charge in [-0.2, -0.15) is 0 Å². The number of hydrogen-bond donors (Lipinski definition) is 4. The molecule has 1 saturated carbocycles. The lowest BCUT2D eigenvalue weighted by molar-refractivity contribution is -0.140. The van der Waals surface area contributed by atoms with E-state index in [1.807, 2.05) is 57.2 Å². The Kier molecular flexibility index (Phi) is 8.54. The first kappa shape index (κ1) is 27.7. The molecule has 3 aromatic rings. The summed E-state index contributed by atoms with van der Waals surface area (Å²) in [5.41, 5.74) is 5.74. The number of aryl methyl sites for hydroxylation is 3. The van der Waals surface area contributed by atoms with Gasteiger partial charge in [-0.1, -0.05) is 48.7 Å². The number of carboxylic acid groups (broad SMARTS) is 1. The van der Waals surface area contributed by atoms with Crippen LogP contribution in [0.15, 0.2) is 54.6 Å². The Morgan fingerprint density at radius 2 is 1.49 bits per heavy atom. The Hall–Kier alpha value is -4.33. The molecule has 0 heterocycles. The molecule has 0 bridgehead atoms. The number of anilines is 2. The molecule has 0 aliphatic heterocycles. The van der Waals surface area contributed by atoms with Gasteiger partial charge in [0.05, 0.1) is 18.4 Å². The highest BCUT2D eigenvalue weighted by Crippen LogP contribution is 2.30. The second kappa shape index (κ2) is 12.0. The molecule has 0 radical (unpaired) electrons. The third-order valence-corrected chi connectivity index (χ3v) is 7.28. The van der Waals surface area contributed by atoms with Crippen LogP contribution in [0.25, 0.3) is 11.1 Å². The molecule has 0 saturated heterocycles. The van der Waals surface area contributed by atoms with Crippen molar-refractivity contribution in [3.8, 4) is 16.9 Å². The van der Waals surface area contributed by atoms with Gasteiger partial charge in [0.15, 0.2) is 0 Å². The van der Waals surface area contributed by atoms with Crippen molar-refractivity contribution < 1.29 is 24.2 Å². The van der Waals surface area contributed by atoms with Gasteiger partial charge in [-0.15, -0.1) is 0 Å². The first-order chi connectivity index (χ1) is 18.7. The van der Waals surface area contributed by atoms with E-state index in [2.05, 4.69) is 16.0 Å². The van der Waals surface area contributed by atoms with Crippen molar-refractivity contribution in [1.29, 1.82) is 0 Å². The Morgan fingerprint density at radius 1 is 0.872 bits per heavy atom. The third kappa shape index (κ3) is 6.57. The first-order valence-corrected chi connectivity index (χ1v) is 13.1. The molecule has 4 N–H and O–H groups in total. The minimum absolute atomic E-state index is 0.114. The summed E-state index contributed by atoms with van der Waals surface area (Å²) < 4.78 is 5.25. The van der Waals surface area contributed by atoms with Crippen molar-refractivity contribution in [1.82, 2.24) is 5.32 Å². The van der Waals surface area contributed by atoms with Gasteiger partial charge in [-0.05, 0) is 86.1 Å². The first-order valence-electron chi connectivity index (χ1n) is 13.1. The summed E-state index contributed by atoms with van der Waals surface area (Å²) in [6, 6.07) is 15.0. The van der Waals surface area contributed by atoms with E-state index in [9.17, 15) is 19.5 Å². The average molecular weight is 530 g/mol. The zero-order valence-electron chi connectivity index (χ0n) is 22.8. The standard InChI is InChI=1S/C31H35N3O5/c1-18-15-19(2)27(20(3)16-18)34-31(38)32-26-17-23(21-9-12-24(39-4)13-10-21)11-14-25(26)29(35)33-28(30(36)37)22-7-5-6-8-22/h9-17,22,28H,5-8H2,1-4H3,(H,33,35)(H,36,37)(H2,32,34,38). The maximum absolute atomic E-state index is 13.4. The minimum Gasteiger partial charge on any atom is -0.497 e. The molecule has 4 rings (SSSR count). The Morgan fingerprint density at radius 3 is 2.08 bits per heavy atom. The van der Waals surface area contributed by atoms with Crippen molar-refractivity contribution >= 4 is 29.3 Å². The van der Waals surface area contributed by atoms with Gasteiger partial charge in [0.1, 0.15) is 11.8 Å². The van der Waals surface area contributed by atoms with Gasteiger partial charge in [-0.3, -0.25) is 4.79 Å². The van der Waals surface area contributed by atoms with E-state index >= 15 is 0 Å². The van der Waals surface area contributed by atoms with Crippen LogP contribution in [-0.4, -0.2) is 36.2 Å². The molecule has 0 aromatic heterocycles. The van der Waals surface area contributed by atoms with Crippen LogP contribution in [-0.2, 0) is 4.79 Å². The van der Waals surface area contributed by atoms with Crippen LogP contribution in [0.3, 0.4) is 0 Å². The number of methoxy groups -OCH3 is 1. The zero-order chi connectivity index (χ0) is 28.1. The lowest BCUT2D eigenvalue weighted by atomic mass is 9.97. The predicted molar refractivity (Wildman–Crippen MR) is 153 cm³/mol. The number of benzene rings is 3. The third-order valence-electron chi connectivity index (χ3n) is 7.28. The van der Waals surface area contributed by atoms with Crippen LogP contribution in [0.1, 0.15) is 52.7 Å². The van der Waals surface area contributed by atoms with E-state index in [0.29, 0.717) is 11.4 Å². The summed E-state index contributed by atoms with van der Waals surface area (Å²) in [6.45, 7) is 5.84. The van der Waals surface area contributed by atoms with E-state index in [0.717, 1.165) is 53.5 Å². The van der Waals surface area contributed by atoms with Crippen LogP contribution in [0.5, 0.6) is 5.75 Å². The highest BCUT2D eigenvalue weighted by Gasteiger charge is 2.32. The molecule has 1 fully saturated rings. The Bertz CT molecular complexity index is 1350. The molecule has 204 valence electrons. The van der Waals surface area contributed by atoms with Crippen LogP contribution >= 0.6 is 0 Å². The van der Waals surface area contributed by atoms with Gasteiger partial charge in [-0.25, -0.2) is 9.59 Å². The maximum atomic E-state index is 13.4. The topological polar surface area (TPSA) is 117 Å². The molecule has 8 heteroatoms. The molecule has 3 amide bonds. The van der Waals surface area contributed by atoms with Gasteiger partial charge in [0.25, 0.3) is 5.91 Å². The highest BCUT2D eigenvalue weighted by molar-refractivity contribution is 6.08. The highest BCUT2D eigenvalue weighted by atomic mass is 16.5. The van der Waals surface area contributed by atoms with Gasteiger partial charge in [0, 0.05) is 5.69 Å². The number of amides is 3. The quantitative estimate of drug-likeness (QED) is 0.273. The van der Waals surface area contributed by atoms with Crippen LogP contribution in [0.4, 0.5) is 16.2 Å². The normalized spacial score (nSPS) is 13.9. The fourth-order valence-corrected chi connectivity index (χ4v) is 5.34. The molecule has 39 heavy (non-hydrogen) atoms. The van der Waals surface area contributed by atoms with E-state index in [1.54, 1.807) is 25.3 Å². The smallest absolute Gasteiger partial charge is 0.326 e. The summed E-state index contributed by atoms with van der Waals surface area (Å²) in [7, 11) is 1.59. The molecule has 1 aliphatic rings. The summed E-state index contributed by atoms with van der Waals surface area (Å²) in [4.78, 5) is 38.5. The number of carbonyl (C=O) groups is 3. The van der Waals surface area contributed by atoms with E-state index in [-0.39, 0.29) is 17.2 Å².